The van der Waals surface area contributed by atoms with E-state index in [2.05, 4.69) is 15.6 Å². The van der Waals surface area contributed by atoms with Crippen LogP contribution in [0.2, 0.25) is 5.02 Å². The minimum atomic E-state index is -1.11. The van der Waals surface area contributed by atoms with Gasteiger partial charge in [-0.15, -0.1) is 0 Å². The van der Waals surface area contributed by atoms with Crippen molar-refractivity contribution in [2.75, 3.05) is 5.32 Å². The van der Waals surface area contributed by atoms with Crippen molar-refractivity contribution >= 4 is 41.3 Å². The van der Waals surface area contributed by atoms with E-state index in [0.717, 1.165) is 0 Å². The molecule has 0 spiro atoms. The SMILES string of the molecule is CC(=O)N/C(=C\c1ccccc1)C(=O)OC(C)C(=O)Nc1ccc(Cl)cn1. The van der Waals surface area contributed by atoms with Crippen molar-refractivity contribution in [3.8, 4) is 0 Å². The Hall–Kier alpha value is -3.19. The Morgan fingerprint density at radius 2 is 1.85 bits per heavy atom. The first-order chi connectivity index (χ1) is 12.8. The van der Waals surface area contributed by atoms with Gasteiger partial charge in [0.05, 0.1) is 5.02 Å². The Kier molecular flexibility index (Phi) is 7.08. The monoisotopic (exact) mass is 387 g/mol. The lowest BCUT2D eigenvalue weighted by atomic mass is 10.2. The van der Waals surface area contributed by atoms with E-state index in [4.69, 9.17) is 16.3 Å². The van der Waals surface area contributed by atoms with Crippen molar-refractivity contribution in [3.63, 3.8) is 0 Å². The molecule has 0 aliphatic carbocycles. The summed E-state index contributed by atoms with van der Waals surface area (Å²) in [6, 6.07) is 12.0. The lowest BCUT2D eigenvalue weighted by Crippen LogP contribution is -2.34. The number of carbonyl (C=O) groups is 3. The summed E-state index contributed by atoms with van der Waals surface area (Å²) in [6.45, 7) is 2.69. The number of esters is 1. The summed E-state index contributed by atoms with van der Waals surface area (Å²) in [5.74, 6) is -1.56. The highest BCUT2D eigenvalue weighted by molar-refractivity contribution is 6.30. The van der Waals surface area contributed by atoms with Gasteiger partial charge in [0.25, 0.3) is 5.91 Å². The number of rotatable bonds is 6. The third-order valence-corrected chi connectivity index (χ3v) is 3.50. The molecule has 2 N–H and O–H groups in total. The Morgan fingerprint density at radius 1 is 1.15 bits per heavy atom. The predicted octanol–water partition coefficient (Wildman–Crippen LogP) is 2.78. The summed E-state index contributed by atoms with van der Waals surface area (Å²) in [4.78, 5) is 39.9. The highest BCUT2D eigenvalue weighted by Crippen LogP contribution is 2.11. The van der Waals surface area contributed by atoms with Crippen LogP contribution in [-0.4, -0.2) is 28.9 Å². The number of anilines is 1. The standard InChI is InChI=1S/C19H18ClN3O4/c1-12(18(25)23-17-9-8-15(20)11-21-17)27-19(26)16(22-13(2)24)10-14-6-4-3-5-7-14/h3-12H,1-2H3,(H,22,24)(H,21,23,25)/b16-10-. The highest BCUT2D eigenvalue weighted by Gasteiger charge is 2.21. The molecule has 1 heterocycles. The van der Waals surface area contributed by atoms with Gasteiger partial charge in [0.15, 0.2) is 6.10 Å². The van der Waals surface area contributed by atoms with Crippen LogP contribution in [0.15, 0.2) is 54.4 Å². The zero-order valence-electron chi connectivity index (χ0n) is 14.7. The van der Waals surface area contributed by atoms with Crippen molar-refractivity contribution in [2.45, 2.75) is 20.0 Å². The van der Waals surface area contributed by atoms with Crippen LogP contribution < -0.4 is 10.6 Å². The minimum Gasteiger partial charge on any atom is -0.448 e. The maximum absolute atomic E-state index is 12.4. The van der Waals surface area contributed by atoms with Gasteiger partial charge in [0.2, 0.25) is 5.91 Å². The Bertz CT molecular complexity index is 851. The average molecular weight is 388 g/mol. The van der Waals surface area contributed by atoms with Gasteiger partial charge in [-0.2, -0.15) is 0 Å². The molecule has 2 amide bonds. The van der Waals surface area contributed by atoms with Crippen LogP contribution >= 0.6 is 11.6 Å². The van der Waals surface area contributed by atoms with Crippen LogP contribution in [0.1, 0.15) is 19.4 Å². The molecule has 140 valence electrons. The van der Waals surface area contributed by atoms with Gasteiger partial charge in [0.1, 0.15) is 11.5 Å². The van der Waals surface area contributed by atoms with Crippen LogP contribution in [-0.2, 0) is 19.1 Å². The number of amides is 2. The topological polar surface area (TPSA) is 97.4 Å². The molecule has 0 aliphatic rings. The maximum Gasteiger partial charge on any atom is 0.355 e. The number of carbonyl (C=O) groups excluding carboxylic acids is 3. The number of hydrogen-bond acceptors (Lipinski definition) is 5. The molecule has 27 heavy (non-hydrogen) atoms. The molecule has 0 aliphatic heterocycles. The fourth-order valence-electron chi connectivity index (χ4n) is 2.01. The van der Waals surface area contributed by atoms with E-state index in [1.165, 1.54) is 32.2 Å². The number of nitrogens with one attached hydrogen (secondary N) is 2. The second kappa shape index (κ2) is 9.49. The lowest BCUT2D eigenvalue weighted by Gasteiger charge is -2.15. The zero-order valence-corrected chi connectivity index (χ0v) is 15.5. The van der Waals surface area contributed by atoms with Crippen molar-refractivity contribution in [1.82, 2.24) is 10.3 Å². The second-order valence-electron chi connectivity index (χ2n) is 5.55. The van der Waals surface area contributed by atoms with Gasteiger partial charge >= 0.3 is 5.97 Å². The van der Waals surface area contributed by atoms with Crippen LogP contribution in [0.4, 0.5) is 5.82 Å². The Balaban J connectivity index is 2.06. The number of pyridine rings is 1. The van der Waals surface area contributed by atoms with Crippen molar-refractivity contribution in [1.29, 1.82) is 0 Å². The van der Waals surface area contributed by atoms with E-state index < -0.39 is 23.9 Å². The van der Waals surface area contributed by atoms with Crippen LogP contribution in [0.5, 0.6) is 0 Å². The van der Waals surface area contributed by atoms with Gasteiger partial charge in [-0.05, 0) is 30.7 Å². The molecule has 8 heteroatoms. The fraction of sp³-hybridized carbons (Fsp3) is 0.158. The molecule has 1 aromatic carbocycles. The molecule has 1 atom stereocenters. The number of nitrogens with zero attached hydrogens (tertiary/aromatic N) is 1. The van der Waals surface area contributed by atoms with E-state index >= 15 is 0 Å². The molecule has 2 rings (SSSR count). The first kappa shape index (κ1) is 20.1. The quantitative estimate of drug-likeness (QED) is 0.586. The fourth-order valence-corrected chi connectivity index (χ4v) is 2.12. The summed E-state index contributed by atoms with van der Waals surface area (Å²) in [5, 5.41) is 5.36. The Morgan fingerprint density at radius 3 is 2.44 bits per heavy atom. The maximum atomic E-state index is 12.4. The summed E-state index contributed by atoms with van der Waals surface area (Å²) < 4.78 is 5.16. The smallest absolute Gasteiger partial charge is 0.355 e. The number of aromatic nitrogens is 1. The molecule has 0 saturated heterocycles. The van der Waals surface area contributed by atoms with Gasteiger partial charge in [-0.1, -0.05) is 41.9 Å². The van der Waals surface area contributed by atoms with Gasteiger partial charge < -0.3 is 15.4 Å². The largest absolute Gasteiger partial charge is 0.448 e. The van der Waals surface area contributed by atoms with Crippen molar-refractivity contribution < 1.29 is 19.1 Å². The molecule has 0 bridgehead atoms. The third kappa shape index (κ3) is 6.56. The summed E-state index contributed by atoms with van der Waals surface area (Å²) in [5.41, 5.74) is 0.624. The normalized spacial score (nSPS) is 12.0. The Labute approximate surface area is 161 Å². The number of ether oxygens (including phenoxy) is 1. The van der Waals surface area contributed by atoms with Gasteiger partial charge in [0, 0.05) is 13.1 Å². The van der Waals surface area contributed by atoms with E-state index in [-0.39, 0.29) is 11.5 Å². The summed E-state index contributed by atoms with van der Waals surface area (Å²) in [6.07, 6.45) is 1.74. The van der Waals surface area contributed by atoms with Gasteiger partial charge in [-0.25, -0.2) is 9.78 Å². The van der Waals surface area contributed by atoms with Crippen molar-refractivity contribution in [2.24, 2.45) is 0 Å². The molecule has 2 aromatic rings. The molecule has 0 radical (unpaired) electrons. The molecule has 1 unspecified atom stereocenters. The zero-order chi connectivity index (χ0) is 19.8. The first-order valence-electron chi connectivity index (χ1n) is 8.03. The summed E-state index contributed by atoms with van der Waals surface area (Å²) in [7, 11) is 0. The predicted molar refractivity (Wildman–Crippen MR) is 102 cm³/mol. The molecule has 1 aromatic heterocycles. The molecule has 0 fully saturated rings. The third-order valence-electron chi connectivity index (χ3n) is 3.27. The van der Waals surface area contributed by atoms with E-state index in [1.54, 1.807) is 30.3 Å². The van der Waals surface area contributed by atoms with E-state index in [0.29, 0.717) is 10.6 Å². The lowest BCUT2D eigenvalue weighted by molar-refractivity contribution is -0.149. The minimum absolute atomic E-state index is 0.0713. The molecule has 7 nitrogen and oxygen atoms in total. The van der Waals surface area contributed by atoms with Gasteiger partial charge in [-0.3, -0.25) is 9.59 Å². The number of hydrogen-bond donors (Lipinski definition) is 2. The molecule has 0 saturated carbocycles. The van der Waals surface area contributed by atoms with Crippen LogP contribution in [0.25, 0.3) is 6.08 Å². The molecular formula is C19H18ClN3O4. The van der Waals surface area contributed by atoms with E-state index in [1.807, 2.05) is 6.07 Å². The second-order valence-corrected chi connectivity index (χ2v) is 5.98. The van der Waals surface area contributed by atoms with Crippen LogP contribution in [0.3, 0.4) is 0 Å². The highest BCUT2D eigenvalue weighted by atomic mass is 35.5. The number of benzene rings is 1. The molecular weight excluding hydrogens is 370 g/mol. The first-order valence-corrected chi connectivity index (χ1v) is 8.40. The number of halogens is 1. The van der Waals surface area contributed by atoms with Crippen molar-refractivity contribution in [3.05, 3.63) is 64.9 Å². The van der Waals surface area contributed by atoms with Crippen LogP contribution in [0, 0.1) is 0 Å². The summed E-state index contributed by atoms with van der Waals surface area (Å²) >= 11 is 5.74. The average Bonchev–Trinajstić information content (AvgIpc) is 2.63. The van der Waals surface area contributed by atoms with E-state index in [9.17, 15) is 14.4 Å².